The molecule has 5 nitrogen and oxygen atoms in total. The van der Waals surface area contributed by atoms with Crippen molar-refractivity contribution in [1.29, 1.82) is 15.8 Å². The summed E-state index contributed by atoms with van der Waals surface area (Å²) in [5.74, 6) is -0.362. The van der Waals surface area contributed by atoms with Gasteiger partial charge in [-0.25, -0.2) is 4.39 Å². The van der Waals surface area contributed by atoms with E-state index in [0.29, 0.717) is 23.4 Å². The molecule has 22 heavy (non-hydrogen) atoms. The Morgan fingerprint density at radius 2 is 1.86 bits per heavy atom. The fourth-order valence-electron chi connectivity index (χ4n) is 1.90. The van der Waals surface area contributed by atoms with Crippen molar-refractivity contribution in [2.75, 3.05) is 0 Å². The van der Waals surface area contributed by atoms with Crippen LogP contribution < -0.4 is 0 Å². The van der Waals surface area contributed by atoms with E-state index < -0.39 is 0 Å². The first-order valence-electron chi connectivity index (χ1n) is 6.40. The number of aryl methyl sites for hydroxylation is 1. The number of hydrogen-bond acceptors (Lipinski definition) is 4. The van der Waals surface area contributed by atoms with Gasteiger partial charge in [0, 0.05) is 17.3 Å². The number of rotatable bonds is 4. The average molecular weight is 291 g/mol. The second kappa shape index (κ2) is 6.83. The van der Waals surface area contributed by atoms with Crippen LogP contribution in [-0.2, 0) is 6.54 Å². The van der Waals surface area contributed by atoms with Gasteiger partial charge in [0.2, 0.25) is 0 Å². The maximum atomic E-state index is 13.0. The SMILES string of the molecule is N#CCCn1cc(C=C(C#N)C#N)c(-c2ccc(F)cc2)n1. The van der Waals surface area contributed by atoms with Gasteiger partial charge in [-0.1, -0.05) is 0 Å². The summed E-state index contributed by atoms with van der Waals surface area (Å²) in [5.41, 5.74) is 1.71. The van der Waals surface area contributed by atoms with Crippen LogP contribution in [0, 0.1) is 39.8 Å². The van der Waals surface area contributed by atoms with Gasteiger partial charge in [0.15, 0.2) is 0 Å². The number of benzene rings is 1. The number of aromatic nitrogens is 2. The van der Waals surface area contributed by atoms with Gasteiger partial charge in [-0.3, -0.25) is 4.68 Å². The summed E-state index contributed by atoms with van der Waals surface area (Å²) < 4.78 is 14.6. The van der Waals surface area contributed by atoms with Gasteiger partial charge in [-0.15, -0.1) is 0 Å². The van der Waals surface area contributed by atoms with Gasteiger partial charge in [-0.2, -0.15) is 20.9 Å². The number of nitriles is 3. The molecule has 1 heterocycles. The lowest BCUT2D eigenvalue weighted by Gasteiger charge is -1.99. The standard InChI is InChI=1S/C16H10FN5/c17-15-4-2-13(3-5-15)16-14(8-12(9-19)10-20)11-22(21-16)7-1-6-18/h2-5,8,11H,1,7H2. The molecule has 0 atom stereocenters. The Labute approximate surface area is 126 Å². The van der Waals surface area contributed by atoms with Crippen molar-refractivity contribution in [1.82, 2.24) is 9.78 Å². The first-order chi connectivity index (χ1) is 10.7. The van der Waals surface area contributed by atoms with E-state index in [1.165, 1.54) is 18.2 Å². The minimum atomic E-state index is -0.362. The number of allylic oxidation sites excluding steroid dienone is 1. The van der Waals surface area contributed by atoms with E-state index in [-0.39, 0.29) is 17.8 Å². The normalized spacial score (nSPS) is 9.36. The van der Waals surface area contributed by atoms with Crippen molar-refractivity contribution < 1.29 is 4.39 Å². The van der Waals surface area contributed by atoms with Crippen LogP contribution in [0.5, 0.6) is 0 Å². The smallest absolute Gasteiger partial charge is 0.130 e. The summed E-state index contributed by atoms with van der Waals surface area (Å²) >= 11 is 0. The minimum Gasteiger partial charge on any atom is -0.270 e. The van der Waals surface area contributed by atoms with Gasteiger partial charge < -0.3 is 0 Å². The quantitative estimate of drug-likeness (QED) is 0.810. The van der Waals surface area contributed by atoms with Gasteiger partial charge >= 0.3 is 0 Å². The predicted octanol–water partition coefficient (Wildman–Crippen LogP) is 3.03. The van der Waals surface area contributed by atoms with Crippen LogP contribution >= 0.6 is 0 Å². The molecule has 0 radical (unpaired) electrons. The van der Waals surface area contributed by atoms with Crippen LogP contribution in [-0.4, -0.2) is 9.78 Å². The van der Waals surface area contributed by atoms with E-state index in [9.17, 15) is 4.39 Å². The Bertz CT molecular complexity index is 809. The fourth-order valence-corrected chi connectivity index (χ4v) is 1.90. The van der Waals surface area contributed by atoms with Crippen LogP contribution in [0.15, 0.2) is 36.0 Å². The second-order valence-electron chi connectivity index (χ2n) is 4.39. The van der Waals surface area contributed by atoms with Gasteiger partial charge in [-0.05, 0) is 30.3 Å². The molecule has 0 saturated carbocycles. The highest BCUT2D eigenvalue weighted by Crippen LogP contribution is 2.24. The van der Waals surface area contributed by atoms with Crippen LogP contribution in [0.2, 0.25) is 0 Å². The highest BCUT2D eigenvalue weighted by atomic mass is 19.1. The highest BCUT2D eigenvalue weighted by molar-refractivity contribution is 5.75. The fraction of sp³-hybridized carbons (Fsp3) is 0.125. The summed E-state index contributed by atoms with van der Waals surface area (Å²) in [7, 11) is 0. The van der Waals surface area contributed by atoms with E-state index in [1.54, 1.807) is 35.1 Å². The molecule has 2 aromatic rings. The van der Waals surface area contributed by atoms with Gasteiger partial charge in [0.05, 0.1) is 24.7 Å². The summed E-state index contributed by atoms with van der Waals surface area (Å²) in [6, 6.07) is 11.4. The maximum Gasteiger partial charge on any atom is 0.130 e. The van der Waals surface area contributed by atoms with Crippen molar-refractivity contribution >= 4 is 6.08 Å². The molecule has 0 amide bonds. The van der Waals surface area contributed by atoms with Crippen LogP contribution in [0.1, 0.15) is 12.0 Å². The van der Waals surface area contributed by atoms with Crippen LogP contribution in [0.4, 0.5) is 4.39 Å². The summed E-state index contributed by atoms with van der Waals surface area (Å²) in [4.78, 5) is 0. The predicted molar refractivity (Wildman–Crippen MR) is 77.1 cm³/mol. The molecule has 0 aliphatic rings. The highest BCUT2D eigenvalue weighted by Gasteiger charge is 2.11. The molecule has 0 aliphatic heterocycles. The molecule has 0 saturated heterocycles. The molecule has 2 rings (SSSR count). The molecular weight excluding hydrogens is 281 g/mol. The third-order valence-electron chi connectivity index (χ3n) is 2.90. The summed E-state index contributed by atoms with van der Waals surface area (Å²) in [6.45, 7) is 0.396. The first-order valence-corrected chi connectivity index (χ1v) is 6.40. The average Bonchev–Trinajstić information content (AvgIpc) is 2.94. The van der Waals surface area contributed by atoms with Crippen molar-refractivity contribution in [3.05, 3.63) is 47.4 Å². The van der Waals surface area contributed by atoms with Crippen molar-refractivity contribution in [3.63, 3.8) is 0 Å². The zero-order chi connectivity index (χ0) is 15.9. The van der Waals surface area contributed by atoms with Crippen molar-refractivity contribution in [2.24, 2.45) is 0 Å². The molecule has 0 N–H and O–H groups in total. The lowest BCUT2D eigenvalue weighted by atomic mass is 10.1. The molecule has 6 heteroatoms. The third-order valence-corrected chi connectivity index (χ3v) is 2.90. The Morgan fingerprint density at radius 1 is 1.18 bits per heavy atom. The third kappa shape index (κ3) is 3.36. The zero-order valence-corrected chi connectivity index (χ0v) is 11.5. The van der Waals surface area contributed by atoms with Crippen molar-refractivity contribution in [2.45, 2.75) is 13.0 Å². The van der Waals surface area contributed by atoms with E-state index in [4.69, 9.17) is 15.8 Å². The number of nitrogens with zero attached hydrogens (tertiary/aromatic N) is 5. The van der Waals surface area contributed by atoms with Crippen LogP contribution in [0.3, 0.4) is 0 Å². The van der Waals surface area contributed by atoms with E-state index in [2.05, 4.69) is 5.10 Å². The minimum absolute atomic E-state index is 0.0526. The molecule has 0 spiro atoms. The molecule has 0 bridgehead atoms. The molecule has 1 aromatic carbocycles. The molecule has 0 unspecified atom stereocenters. The lowest BCUT2D eigenvalue weighted by Crippen LogP contribution is -1.97. The molecule has 0 fully saturated rings. The Kier molecular flexibility index (Phi) is 4.65. The second-order valence-corrected chi connectivity index (χ2v) is 4.39. The number of hydrogen-bond donors (Lipinski definition) is 0. The molecule has 0 aliphatic carbocycles. The van der Waals surface area contributed by atoms with E-state index >= 15 is 0 Å². The Hall–Kier alpha value is -3.43. The topological polar surface area (TPSA) is 89.2 Å². The molecule has 1 aromatic heterocycles. The van der Waals surface area contributed by atoms with E-state index in [1.807, 2.05) is 6.07 Å². The van der Waals surface area contributed by atoms with Gasteiger partial charge in [0.25, 0.3) is 0 Å². The molecule has 106 valence electrons. The summed E-state index contributed by atoms with van der Waals surface area (Å²) in [5, 5.41) is 30.7. The maximum absolute atomic E-state index is 13.0. The number of halogens is 1. The zero-order valence-electron chi connectivity index (χ0n) is 11.5. The van der Waals surface area contributed by atoms with E-state index in [0.717, 1.165) is 0 Å². The molecular formula is C16H10FN5. The monoisotopic (exact) mass is 291 g/mol. The van der Waals surface area contributed by atoms with Gasteiger partial charge in [0.1, 0.15) is 23.5 Å². The lowest BCUT2D eigenvalue weighted by molar-refractivity contribution is 0.626. The van der Waals surface area contributed by atoms with Crippen LogP contribution in [0.25, 0.3) is 17.3 Å². The Balaban J connectivity index is 2.51. The first kappa shape index (κ1) is 15.0. The largest absolute Gasteiger partial charge is 0.270 e. The summed E-state index contributed by atoms with van der Waals surface area (Å²) in [6.07, 6.45) is 3.37. The Morgan fingerprint density at radius 3 is 2.45 bits per heavy atom. The van der Waals surface area contributed by atoms with Crippen molar-refractivity contribution in [3.8, 4) is 29.5 Å².